The Morgan fingerprint density at radius 1 is 1.17 bits per heavy atom. The van der Waals surface area contributed by atoms with E-state index in [-0.39, 0.29) is 5.95 Å². The Balaban J connectivity index is 2.23. The Hall–Kier alpha value is -3.08. The minimum Gasteiger partial charge on any atom is -0.275 e. The SMILES string of the molecule is Cc1cc(C)nc(NC(=O)NS(=O)(=O)c2ccccc2[N+](=O)[O-])n1. The average molecular weight is 351 g/mol. The van der Waals surface area contributed by atoms with Gasteiger partial charge in [0.1, 0.15) is 0 Å². The molecule has 11 heteroatoms. The zero-order chi connectivity index (χ0) is 17.9. The molecule has 0 radical (unpaired) electrons. The summed E-state index contributed by atoms with van der Waals surface area (Å²) < 4.78 is 26.0. The number of urea groups is 1. The molecule has 2 N–H and O–H groups in total. The topological polar surface area (TPSA) is 144 Å². The van der Waals surface area contributed by atoms with E-state index in [0.717, 1.165) is 12.1 Å². The van der Waals surface area contributed by atoms with E-state index in [1.54, 1.807) is 24.6 Å². The van der Waals surface area contributed by atoms with Crippen LogP contribution in [0.4, 0.5) is 16.4 Å². The summed E-state index contributed by atoms with van der Waals surface area (Å²) in [6, 6.07) is 5.24. The van der Waals surface area contributed by atoms with E-state index < -0.39 is 31.6 Å². The van der Waals surface area contributed by atoms with E-state index in [0.29, 0.717) is 11.4 Å². The van der Waals surface area contributed by atoms with Crippen molar-refractivity contribution < 1.29 is 18.1 Å². The molecule has 2 aromatic rings. The number of sulfonamides is 1. The maximum absolute atomic E-state index is 12.2. The number of aryl methyl sites for hydroxylation is 2. The van der Waals surface area contributed by atoms with Gasteiger partial charge in [0.05, 0.1) is 4.92 Å². The number of amides is 2. The molecule has 0 fully saturated rings. The van der Waals surface area contributed by atoms with Crippen molar-refractivity contribution in [2.45, 2.75) is 18.7 Å². The monoisotopic (exact) mass is 351 g/mol. The molecular formula is C13H13N5O5S. The molecule has 2 amide bonds. The average Bonchev–Trinajstić information content (AvgIpc) is 2.45. The number of para-hydroxylation sites is 1. The summed E-state index contributed by atoms with van der Waals surface area (Å²) in [7, 11) is -4.43. The minimum atomic E-state index is -4.43. The van der Waals surface area contributed by atoms with E-state index >= 15 is 0 Å². The Bertz CT molecular complexity index is 892. The fourth-order valence-electron chi connectivity index (χ4n) is 1.92. The first-order valence-electron chi connectivity index (χ1n) is 6.58. The molecule has 10 nitrogen and oxygen atoms in total. The van der Waals surface area contributed by atoms with Crippen LogP contribution in [0.2, 0.25) is 0 Å². The molecule has 0 bridgehead atoms. The van der Waals surface area contributed by atoms with Crippen molar-refractivity contribution in [3.8, 4) is 0 Å². The second-order valence-corrected chi connectivity index (χ2v) is 6.41. The molecule has 1 aromatic carbocycles. The highest BCUT2D eigenvalue weighted by Gasteiger charge is 2.27. The van der Waals surface area contributed by atoms with Crippen molar-refractivity contribution in [2.24, 2.45) is 0 Å². The van der Waals surface area contributed by atoms with E-state index in [1.165, 1.54) is 12.1 Å². The second kappa shape index (κ2) is 6.58. The molecule has 1 heterocycles. The standard InChI is InChI=1S/C13H13N5O5S/c1-8-7-9(2)15-12(14-8)16-13(19)17-24(22,23)11-6-4-3-5-10(11)18(20)21/h3-7H,1-2H3,(H2,14,15,16,17,19). The zero-order valence-corrected chi connectivity index (χ0v) is 13.5. The van der Waals surface area contributed by atoms with Crippen molar-refractivity contribution in [1.29, 1.82) is 0 Å². The second-order valence-electron chi connectivity index (χ2n) is 4.76. The lowest BCUT2D eigenvalue weighted by atomic mass is 10.3. The smallest absolute Gasteiger partial charge is 0.275 e. The molecule has 0 aliphatic rings. The number of benzene rings is 1. The summed E-state index contributed by atoms with van der Waals surface area (Å²) in [5.74, 6) is -0.0808. The molecule has 2 rings (SSSR count). The molecule has 24 heavy (non-hydrogen) atoms. The van der Waals surface area contributed by atoms with Gasteiger partial charge in [-0.3, -0.25) is 15.4 Å². The van der Waals surface area contributed by atoms with Crippen LogP contribution in [-0.4, -0.2) is 29.3 Å². The third-order valence-corrected chi connectivity index (χ3v) is 4.16. The number of aromatic nitrogens is 2. The zero-order valence-electron chi connectivity index (χ0n) is 12.7. The number of nitro benzene ring substituents is 1. The maximum atomic E-state index is 12.2. The first-order chi connectivity index (χ1) is 11.2. The van der Waals surface area contributed by atoms with Gasteiger partial charge in [-0.05, 0) is 26.0 Å². The van der Waals surface area contributed by atoms with Gasteiger partial charge >= 0.3 is 6.03 Å². The van der Waals surface area contributed by atoms with E-state index in [2.05, 4.69) is 15.3 Å². The summed E-state index contributed by atoms with van der Waals surface area (Å²) in [4.78, 5) is 29.2. The first-order valence-corrected chi connectivity index (χ1v) is 8.07. The highest BCUT2D eigenvalue weighted by molar-refractivity contribution is 7.90. The number of anilines is 1. The Morgan fingerprint density at radius 3 is 2.33 bits per heavy atom. The minimum absolute atomic E-state index is 0.0808. The van der Waals surface area contributed by atoms with Gasteiger partial charge in [-0.1, -0.05) is 12.1 Å². The van der Waals surface area contributed by atoms with Gasteiger partial charge in [0.25, 0.3) is 15.7 Å². The van der Waals surface area contributed by atoms with Crippen LogP contribution in [-0.2, 0) is 10.0 Å². The van der Waals surface area contributed by atoms with Crippen LogP contribution >= 0.6 is 0 Å². The van der Waals surface area contributed by atoms with Gasteiger partial charge in [0, 0.05) is 17.5 Å². The van der Waals surface area contributed by atoms with Gasteiger partial charge in [0.2, 0.25) is 5.95 Å². The lowest BCUT2D eigenvalue weighted by Gasteiger charge is -2.08. The number of carbonyl (C=O) groups is 1. The summed E-state index contributed by atoms with van der Waals surface area (Å²) in [6.07, 6.45) is 0. The van der Waals surface area contributed by atoms with Gasteiger partial charge in [-0.15, -0.1) is 0 Å². The number of nitro groups is 1. The predicted octanol–water partition coefficient (Wildman–Crippen LogP) is 1.51. The number of carbonyl (C=O) groups excluding carboxylic acids is 1. The summed E-state index contributed by atoms with van der Waals surface area (Å²) >= 11 is 0. The summed E-state index contributed by atoms with van der Waals surface area (Å²) in [6.45, 7) is 3.36. The highest BCUT2D eigenvalue weighted by Crippen LogP contribution is 2.22. The molecule has 0 aliphatic heterocycles. The van der Waals surface area contributed by atoms with Crippen molar-refractivity contribution >= 4 is 27.7 Å². The Labute approximate surface area is 137 Å². The van der Waals surface area contributed by atoms with Crippen LogP contribution in [0.15, 0.2) is 35.2 Å². The van der Waals surface area contributed by atoms with Crippen LogP contribution < -0.4 is 10.0 Å². The molecular weight excluding hydrogens is 338 g/mol. The van der Waals surface area contributed by atoms with E-state index in [9.17, 15) is 23.3 Å². The molecule has 0 spiro atoms. The molecule has 0 aliphatic carbocycles. The third kappa shape index (κ3) is 4.01. The quantitative estimate of drug-likeness (QED) is 0.627. The van der Waals surface area contributed by atoms with Gasteiger partial charge in [-0.2, -0.15) is 0 Å². The molecule has 126 valence electrons. The molecule has 0 saturated heterocycles. The van der Waals surface area contributed by atoms with E-state index in [1.807, 2.05) is 0 Å². The normalized spacial score (nSPS) is 10.9. The third-order valence-electron chi connectivity index (χ3n) is 2.79. The Morgan fingerprint density at radius 2 is 1.75 bits per heavy atom. The Kier molecular flexibility index (Phi) is 4.74. The van der Waals surface area contributed by atoms with E-state index in [4.69, 9.17) is 0 Å². The molecule has 0 saturated carbocycles. The van der Waals surface area contributed by atoms with Crippen LogP contribution in [0, 0.1) is 24.0 Å². The fourth-order valence-corrected chi connectivity index (χ4v) is 3.00. The fraction of sp³-hybridized carbons (Fsp3) is 0.154. The van der Waals surface area contributed by atoms with Crippen molar-refractivity contribution in [2.75, 3.05) is 5.32 Å². The van der Waals surface area contributed by atoms with Crippen LogP contribution in [0.3, 0.4) is 0 Å². The van der Waals surface area contributed by atoms with Crippen molar-refractivity contribution in [1.82, 2.24) is 14.7 Å². The van der Waals surface area contributed by atoms with Crippen LogP contribution in [0.1, 0.15) is 11.4 Å². The lowest BCUT2D eigenvalue weighted by Crippen LogP contribution is -2.35. The van der Waals surface area contributed by atoms with Gasteiger partial charge in [-0.25, -0.2) is 27.9 Å². The molecule has 1 aromatic heterocycles. The van der Waals surface area contributed by atoms with Crippen LogP contribution in [0.25, 0.3) is 0 Å². The van der Waals surface area contributed by atoms with Crippen molar-refractivity contribution in [3.63, 3.8) is 0 Å². The number of hydrogen-bond acceptors (Lipinski definition) is 7. The van der Waals surface area contributed by atoms with Crippen molar-refractivity contribution in [3.05, 3.63) is 51.8 Å². The first kappa shape index (κ1) is 17.3. The molecule has 0 atom stereocenters. The number of hydrogen-bond donors (Lipinski definition) is 2. The predicted molar refractivity (Wildman–Crippen MR) is 83.9 cm³/mol. The van der Waals surface area contributed by atoms with Crippen LogP contribution in [0.5, 0.6) is 0 Å². The lowest BCUT2D eigenvalue weighted by molar-refractivity contribution is -0.387. The largest absolute Gasteiger partial charge is 0.335 e. The van der Waals surface area contributed by atoms with Gasteiger partial charge < -0.3 is 0 Å². The maximum Gasteiger partial charge on any atom is 0.335 e. The summed E-state index contributed by atoms with van der Waals surface area (Å²) in [5.41, 5.74) is 0.527. The summed E-state index contributed by atoms with van der Waals surface area (Å²) in [5, 5.41) is 13.1. The highest BCUT2D eigenvalue weighted by atomic mass is 32.2. The van der Waals surface area contributed by atoms with Gasteiger partial charge in [0.15, 0.2) is 4.90 Å². The number of rotatable bonds is 4. The number of nitrogens with zero attached hydrogens (tertiary/aromatic N) is 3. The molecule has 0 unspecified atom stereocenters. The number of nitrogens with one attached hydrogen (secondary N) is 2.